The Bertz CT molecular complexity index is 325. The summed E-state index contributed by atoms with van der Waals surface area (Å²) in [7, 11) is -4.67. The van der Waals surface area contributed by atoms with Crippen molar-refractivity contribution in [2.24, 2.45) is 5.73 Å². The number of rotatable bonds is 1. The molecule has 15 heteroatoms. The molecule has 5 atom stereocenters. The van der Waals surface area contributed by atoms with E-state index in [9.17, 15) is 10.2 Å². The minimum atomic E-state index is -4.67. The third kappa shape index (κ3) is 15.5. The Morgan fingerprint density at radius 1 is 1.00 bits per heavy atom. The predicted molar refractivity (Wildman–Crippen MR) is 52.1 cm³/mol. The van der Waals surface area contributed by atoms with Gasteiger partial charge in [-0.3, -0.25) is 9.11 Å². The van der Waals surface area contributed by atoms with Crippen LogP contribution in [0.1, 0.15) is 0 Å². The number of ether oxygens (including phenoxy) is 1. The summed E-state index contributed by atoms with van der Waals surface area (Å²) in [4.78, 5) is 0. The van der Waals surface area contributed by atoms with Crippen LogP contribution in [-0.4, -0.2) is 75.2 Å². The molecule has 0 bridgehead atoms. The van der Waals surface area contributed by atoms with Crippen molar-refractivity contribution in [2.75, 3.05) is 6.61 Å². The second-order valence-electron chi connectivity index (χ2n) is 3.25. The topological polar surface area (TPSA) is 191 Å². The largest absolute Gasteiger partial charge is 1.00 e. The molecule has 120 valence electrons. The summed E-state index contributed by atoms with van der Waals surface area (Å²) in [5.41, 5.74) is 5.26. The van der Waals surface area contributed by atoms with E-state index < -0.39 is 47.6 Å². The first-order valence-corrected chi connectivity index (χ1v) is 5.73. The number of hydrogen-bond acceptors (Lipinski definition) is 8. The SMILES string of the molecule is N[C@@H]1[C@@H](O)[C@H](O)[C@@H](CO)O[C@H]1O.O=S(=O)(O)O.[Cl-].[Cl-].[Na+].[Na+]. The standard InChI is InChI=1S/C6H13NO5.2ClH.2Na.H2O4S/c7-3-5(10)4(9)2(1-8)12-6(3)11;;;;;1-5(2,3)4/h2-6,8-11H,1,7H2;2*1H;;;(H2,1,2,3,4)/q;;;2*+1;/p-2/t2-,3-,4-,5-,6-;;;;;/m1...../s1. The van der Waals surface area contributed by atoms with E-state index in [1.807, 2.05) is 0 Å². The molecule has 0 aromatic rings. The predicted octanol–water partition coefficient (Wildman–Crippen LogP) is -15.9. The molecule has 1 heterocycles. The van der Waals surface area contributed by atoms with Gasteiger partial charge in [-0.25, -0.2) is 0 Å². The van der Waals surface area contributed by atoms with Crippen LogP contribution >= 0.6 is 0 Å². The Morgan fingerprint density at radius 3 is 1.62 bits per heavy atom. The maximum absolute atomic E-state index is 9.20. The first-order valence-electron chi connectivity index (χ1n) is 4.34. The van der Waals surface area contributed by atoms with Gasteiger partial charge in [-0.1, -0.05) is 0 Å². The van der Waals surface area contributed by atoms with Gasteiger partial charge in [0.25, 0.3) is 0 Å². The number of nitrogens with two attached hydrogens (primary N) is 1. The molecular weight excluding hydrogens is 379 g/mol. The zero-order valence-corrected chi connectivity index (χ0v) is 17.6. The second-order valence-corrected chi connectivity index (χ2v) is 4.15. The summed E-state index contributed by atoms with van der Waals surface area (Å²) in [6.07, 6.45) is -4.85. The van der Waals surface area contributed by atoms with Gasteiger partial charge in [0.05, 0.1) is 12.6 Å². The number of halogens is 2. The molecule has 10 nitrogen and oxygen atoms in total. The third-order valence-electron chi connectivity index (χ3n) is 1.95. The summed E-state index contributed by atoms with van der Waals surface area (Å²) in [6, 6.07) is -1.04. The van der Waals surface area contributed by atoms with Crippen LogP contribution in [0.15, 0.2) is 0 Å². The van der Waals surface area contributed by atoms with E-state index in [1.165, 1.54) is 0 Å². The molecule has 0 radical (unpaired) electrons. The van der Waals surface area contributed by atoms with Crippen molar-refractivity contribution in [3.05, 3.63) is 0 Å². The van der Waals surface area contributed by atoms with E-state index in [0.717, 1.165) is 0 Å². The summed E-state index contributed by atoms with van der Waals surface area (Å²) in [6.45, 7) is -0.470. The van der Waals surface area contributed by atoms with Crippen LogP contribution in [0.3, 0.4) is 0 Å². The average Bonchev–Trinajstić information content (AvgIpc) is 2.18. The third-order valence-corrected chi connectivity index (χ3v) is 1.95. The van der Waals surface area contributed by atoms with Gasteiger partial charge in [-0.05, 0) is 0 Å². The van der Waals surface area contributed by atoms with Crippen LogP contribution in [0, 0.1) is 0 Å². The maximum Gasteiger partial charge on any atom is 1.00 e. The van der Waals surface area contributed by atoms with Crippen molar-refractivity contribution in [3.63, 3.8) is 0 Å². The van der Waals surface area contributed by atoms with E-state index in [4.69, 9.17) is 38.2 Å². The van der Waals surface area contributed by atoms with Crippen LogP contribution in [0.25, 0.3) is 0 Å². The molecular formula is C6H15Cl2NNa2O9S. The quantitative estimate of drug-likeness (QED) is 0.166. The molecule has 8 N–H and O–H groups in total. The van der Waals surface area contributed by atoms with Gasteiger partial charge in [0.2, 0.25) is 0 Å². The Balaban J connectivity index is -0.0000000844. The van der Waals surface area contributed by atoms with Crippen LogP contribution in [0.4, 0.5) is 0 Å². The van der Waals surface area contributed by atoms with Gasteiger partial charge in [0.1, 0.15) is 18.3 Å². The first-order chi connectivity index (χ1) is 7.57. The Labute approximate surface area is 178 Å². The van der Waals surface area contributed by atoms with Gasteiger partial charge >= 0.3 is 69.5 Å². The van der Waals surface area contributed by atoms with Crippen molar-refractivity contribution in [1.82, 2.24) is 0 Å². The van der Waals surface area contributed by atoms with Gasteiger partial charge in [0.15, 0.2) is 6.29 Å². The van der Waals surface area contributed by atoms with Crippen molar-refractivity contribution in [2.45, 2.75) is 30.6 Å². The van der Waals surface area contributed by atoms with E-state index in [2.05, 4.69) is 0 Å². The Hall–Kier alpha value is 2.21. The second kappa shape index (κ2) is 15.7. The van der Waals surface area contributed by atoms with Crippen LogP contribution in [0.2, 0.25) is 0 Å². The molecule has 21 heavy (non-hydrogen) atoms. The van der Waals surface area contributed by atoms with Gasteiger partial charge in [-0.2, -0.15) is 8.42 Å². The molecule has 1 aliphatic heterocycles. The van der Waals surface area contributed by atoms with Crippen LogP contribution in [0.5, 0.6) is 0 Å². The molecule has 0 aliphatic carbocycles. The Morgan fingerprint density at radius 2 is 1.33 bits per heavy atom. The van der Waals surface area contributed by atoms with Crippen molar-refractivity contribution in [3.8, 4) is 0 Å². The zero-order chi connectivity index (χ0) is 13.8. The first kappa shape index (κ1) is 34.5. The molecule has 0 amide bonds. The molecule has 0 unspecified atom stereocenters. The number of aliphatic hydroxyl groups is 4. The normalized spacial score (nSPS) is 30.9. The smallest absolute Gasteiger partial charge is 1.00 e. The van der Waals surface area contributed by atoms with E-state index in [-0.39, 0.29) is 83.9 Å². The summed E-state index contributed by atoms with van der Waals surface area (Å²) in [5.74, 6) is 0. The van der Waals surface area contributed by atoms with E-state index in [1.54, 1.807) is 0 Å². The zero-order valence-electron chi connectivity index (χ0n) is 11.2. The van der Waals surface area contributed by atoms with E-state index >= 15 is 0 Å². The minimum Gasteiger partial charge on any atom is -1.00 e. The Kier molecular flexibility index (Phi) is 25.8. The van der Waals surface area contributed by atoms with Crippen LogP contribution in [-0.2, 0) is 15.1 Å². The molecule has 1 rings (SSSR count). The fraction of sp³-hybridized carbons (Fsp3) is 1.00. The molecule has 1 aliphatic rings. The van der Waals surface area contributed by atoms with Gasteiger partial charge in [0, 0.05) is 0 Å². The molecule has 0 spiro atoms. The summed E-state index contributed by atoms with van der Waals surface area (Å²) >= 11 is 0. The molecule has 1 fully saturated rings. The maximum atomic E-state index is 9.20. The van der Waals surface area contributed by atoms with Crippen molar-refractivity contribution >= 4 is 10.4 Å². The minimum absolute atomic E-state index is 0. The fourth-order valence-electron chi connectivity index (χ4n) is 1.12. The van der Waals surface area contributed by atoms with Crippen molar-refractivity contribution in [1.29, 1.82) is 0 Å². The van der Waals surface area contributed by atoms with Crippen LogP contribution < -0.4 is 89.7 Å². The van der Waals surface area contributed by atoms with Gasteiger partial charge < -0.3 is 55.7 Å². The number of hydrogen-bond donors (Lipinski definition) is 7. The fourth-order valence-corrected chi connectivity index (χ4v) is 1.12. The average molecular weight is 394 g/mol. The van der Waals surface area contributed by atoms with Gasteiger partial charge in [-0.15, -0.1) is 0 Å². The summed E-state index contributed by atoms with van der Waals surface area (Å²) in [5, 5.41) is 36.1. The molecule has 0 aromatic heterocycles. The molecule has 0 saturated carbocycles. The molecule has 0 aromatic carbocycles. The summed E-state index contributed by atoms with van der Waals surface area (Å²) < 4.78 is 36.3. The monoisotopic (exact) mass is 393 g/mol. The molecule has 1 saturated heterocycles. The van der Waals surface area contributed by atoms with E-state index in [0.29, 0.717) is 0 Å². The van der Waals surface area contributed by atoms with Crippen molar-refractivity contribution < 1.29 is 127 Å². The number of aliphatic hydroxyl groups excluding tert-OH is 4.